The van der Waals surface area contributed by atoms with Gasteiger partial charge in [0.05, 0.1) is 11.7 Å². The van der Waals surface area contributed by atoms with Gasteiger partial charge in [-0.05, 0) is 55.7 Å². The predicted octanol–water partition coefficient (Wildman–Crippen LogP) is 5.14. The van der Waals surface area contributed by atoms with Crippen LogP contribution in [0, 0.1) is 12.8 Å². The number of aryl methyl sites for hydroxylation is 1. The van der Waals surface area contributed by atoms with Crippen LogP contribution in [0.2, 0.25) is 15.1 Å². The molecule has 1 N–H and O–H groups in total. The number of nitrogens with one attached hydrogen (secondary N) is 1. The van der Waals surface area contributed by atoms with E-state index in [0.717, 1.165) is 5.56 Å². The Morgan fingerprint density at radius 1 is 1.17 bits per heavy atom. The van der Waals surface area contributed by atoms with Crippen molar-refractivity contribution in [1.82, 2.24) is 4.31 Å². The fourth-order valence-electron chi connectivity index (χ4n) is 3.36. The maximum Gasteiger partial charge on any atom is 0.228 e. The van der Waals surface area contributed by atoms with E-state index in [1.165, 1.54) is 4.31 Å². The third-order valence-electron chi connectivity index (χ3n) is 4.98. The van der Waals surface area contributed by atoms with Gasteiger partial charge in [-0.25, -0.2) is 12.7 Å². The van der Waals surface area contributed by atoms with Gasteiger partial charge in [0.25, 0.3) is 0 Å². The van der Waals surface area contributed by atoms with E-state index in [1.807, 2.05) is 6.92 Å². The Labute approximate surface area is 186 Å². The molecule has 1 fully saturated rings. The summed E-state index contributed by atoms with van der Waals surface area (Å²) < 4.78 is 27.2. The van der Waals surface area contributed by atoms with Crippen LogP contribution >= 0.6 is 34.8 Å². The zero-order valence-corrected chi connectivity index (χ0v) is 18.9. The molecule has 0 aromatic heterocycles. The molecule has 156 valence electrons. The van der Waals surface area contributed by atoms with Crippen LogP contribution < -0.4 is 5.32 Å². The second kappa shape index (κ2) is 9.23. The molecule has 5 nitrogen and oxygen atoms in total. The third-order valence-corrected chi connectivity index (χ3v) is 7.70. The van der Waals surface area contributed by atoms with Crippen LogP contribution in [0.15, 0.2) is 36.4 Å². The Bertz CT molecular complexity index is 1010. The molecule has 0 radical (unpaired) electrons. The Balaban J connectivity index is 1.71. The molecule has 0 spiro atoms. The number of piperidine rings is 1. The summed E-state index contributed by atoms with van der Waals surface area (Å²) in [7, 11) is -3.67. The van der Waals surface area contributed by atoms with Gasteiger partial charge in [-0.15, -0.1) is 0 Å². The minimum absolute atomic E-state index is 0.128. The van der Waals surface area contributed by atoms with Crippen molar-refractivity contribution < 1.29 is 13.2 Å². The van der Waals surface area contributed by atoms with Gasteiger partial charge in [0.15, 0.2) is 0 Å². The molecular weight excluding hydrogens is 455 g/mol. The normalized spacial score (nSPS) is 17.9. The number of nitrogens with zero attached hydrogens (tertiary/aromatic N) is 1. The van der Waals surface area contributed by atoms with E-state index in [-0.39, 0.29) is 18.2 Å². The lowest BCUT2D eigenvalue weighted by molar-refractivity contribution is -0.120. The van der Waals surface area contributed by atoms with E-state index >= 15 is 0 Å². The van der Waals surface area contributed by atoms with E-state index in [1.54, 1.807) is 36.4 Å². The summed E-state index contributed by atoms with van der Waals surface area (Å²) in [4.78, 5) is 12.7. The lowest BCUT2D eigenvalue weighted by Crippen LogP contribution is -2.44. The van der Waals surface area contributed by atoms with Crippen LogP contribution in [0.25, 0.3) is 0 Å². The summed E-state index contributed by atoms with van der Waals surface area (Å²) in [6.45, 7) is 2.35. The lowest BCUT2D eigenvalue weighted by Gasteiger charge is -2.31. The minimum atomic E-state index is -3.67. The number of benzene rings is 2. The van der Waals surface area contributed by atoms with E-state index in [2.05, 4.69) is 5.32 Å². The summed E-state index contributed by atoms with van der Waals surface area (Å²) in [5.41, 5.74) is 1.89. The molecule has 1 aliphatic heterocycles. The first-order valence-electron chi connectivity index (χ1n) is 9.15. The number of carbonyl (C=O) groups excluding carboxylic acids is 1. The lowest BCUT2D eigenvalue weighted by atomic mass is 9.98. The highest BCUT2D eigenvalue weighted by atomic mass is 35.5. The average molecular weight is 476 g/mol. The van der Waals surface area contributed by atoms with Gasteiger partial charge in [0, 0.05) is 39.4 Å². The summed E-state index contributed by atoms with van der Waals surface area (Å²) in [6.07, 6.45) is 1.23. The first kappa shape index (κ1) is 22.4. The zero-order chi connectivity index (χ0) is 21.2. The number of carbonyl (C=O) groups is 1. The van der Waals surface area contributed by atoms with Crippen molar-refractivity contribution in [1.29, 1.82) is 0 Å². The fourth-order valence-corrected chi connectivity index (χ4v) is 5.94. The van der Waals surface area contributed by atoms with Crippen molar-refractivity contribution in [2.45, 2.75) is 25.5 Å². The first-order valence-corrected chi connectivity index (χ1v) is 11.9. The predicted molar refractivity (Wildman–Crippen MR) is 118 cm³/mol. The van der Waals surface area contributed by atoms with Crippen LogP contribution in [0.4, 0.5) is 5.69 Å². The van der Waals surface area contributed by atoms with Gasteiger partial charge < -0.3 is 5.32 Å². The summed E-state index contributed by atoms with van der Waals surface area (Å²) in [6, 6.07) is 10.1. The molecule has 1 aliphatic rings. The topological polar surface area (TPSA) is 66.5 Å². The molecule has 1 saturated heterocycles. The Morgan fingerprint density at radius 2 is 1.86 bits per heavy atom. The van der Waals surface area contributed by atoms with Crippen LogP contribution in [0.1, 0.15) is 24.0 Å². The SMILES string of the molecule is Cc1cc(Cl)ccc1NC(=O)[C@H]1CCCN(S(=O)(=O)Cc2c(Cl)cccc2Cl)C1. The Hall–Kier alpha value is -1.31. The minimum Gasteiger partial charge on any atom is -0.326 e. The molecule has 0 saturated carbocycles. The second-order valence-corrected chi connectivity index (χ2v) is 10.3. The highest BCUT2D eigenvalue weighted by Crippen LogP contribution is 2.29. The molecule has 0 bridgehead atoms. The molecule has 0 unspecified atom stereocenters. The van der Waals surface area contributed by atoms with Crippen LogP contribution in [-0.4, -0.2) is 31.7 Å². The number of amides is 1. The van der Waals surface area contributed by atoms with Crippen molar-refractivity contribution >= 4 is 56.4 Å². The van der Waals surface area contributed by atoms with E-state index in [9.17, 15) is 13.2 Å². The molecule has 9 heteroatoms. The Morgan fingerprint density at radius 3 is 2.52 bits per heavy atom. The largest absolute Gasteiger partial charge is 0.326 e. The first-order chi connectivity index (χ1) is 13.7. The standard InChI is InChI=1S/C20H21Cl3N2O3S/c1-13-10-15(21)7-8-19(13)24-20(26)14-4-3-9-25(11-14)29(27,28)12-16-17(22)5-2-6-18(16)23/h2,5-8,10,14H,3-4,9,11-12H2,1H3,(H,24,26)/t14-/m0/s1. The van der Waals surface area contributed by atoms with E-state index in [4.69, 9.17) is 34.8 Å². The third kappa shape index (κ3) is 5.44. The zero-order valence-electron chi connectivity index (χ0n) is 15.8. The van der Waals surface area contributed by atoms with Gasteiger partial charge >= 0.3 is 0 Å². The molecule has 1 amide bonds. The van der Waals surface area contributed by atoms with Gasteiger partial charge in [-0.2, -0.15) is 0 Å². The number of sulfonamides is 1. The molecule has 1 atom stereocenters. The molecule has 2 aromatic carbocycles. The van der Waals surface area contributed by atoms with Crippen LogP contribution in [0.5, 0.6) is 0 Å². The number of halogens is 3. The fraction of sp³-hybridized carbons (Fsp3) is 0.350. The summed E-state index contributed by atoms with van der Waals surface area (Å²) in [5.74, 6) is -0.933. The van der Waals surface area contributed by atoms with Crippen molar-refractivity contribution in [2.24, 2.45) is 5.92 Å². The second-order valence-electron chi connectivity index (χ2n) is 7.10. The Kier molecular flexibility index (Phi) is 7.12. The molecule has 1 heterocycles. The maximum absolute atomic E-state index is 12.9. The number of hydrogen-bond donors (Lipinski definition) is 1. The van der Waals surface area contributed by atoms with Gasteiger partial charge in [0.1, 0.15) is 0 Å². The van der Waals surface area contributed by atoms with Crippen LogP contribution in [-0.2, 0) is 20.6 Å². The molecule has 29 heavy (non-hydrogen) atoms. The number of anilines is 1. The van der Waals surface area contributed by atoms with Crippen molar-refractivity contribution in [2.75, 3.05) is 18.4 Å². The van der Waals surface area contributed by atoms with Gasteiger partial charge in [0.2, 0.25) is 15.9 Å². The monoisotopic (exact) mass is 474 g/mol. The average Bonchev–Trinajstić information content (AvgIpc) is 2.67. The molecule has 2 aromatic rings. The van der Waals surface area contributed by atoms with Crippen molar-refractivity contribution in [3.05, 3.63) is 62.6 Å². The van der Waals surface area contributed by atoms with E-state index in [0.29, 0.717) is 45.7 Å². The highest BCUT2D eigenvalue weighted by molar-refractivity contribution is 7.88. The van der Waals surface area contributed by atoms with Crippen molar-refractivity contribution in [3.8, 4) is 0 Å². The highest BCUT2D eigenvalue weighted by Gasteiger charge is 2.33. The molecule has 0 aliphatic carbocycles. The van der Waals surface area contributed by atoms with Gasteiger partial charge in [-0.3, -0.25) is 4.79 Å². The summed E-state index contributed by atoms with van der Waals surface area (Å²) in [5, 5.41) is 4.10. The van der Waals surface area contributed by atoms with Crippen LogP contribution in [0.3, 0.4) is 0 Å². The van der Waals surface area contributed by atoms with Gasteiger partial charge in [-0.1, -0.05) is 40.9 Å². The number of rotatable bonds is 5. The molecular formula is C20H21Cl3N2O3S. The van der Waals surface area contributed by atoms with E-state index < -0.39 is 15.9 Å². The molecule has 3 rings (SSSR count). The summed E-state index contributed by atoms with van der Waals surface area (Å²) >= 11 is 18.2. The van der Waals surface area contributed by atoms with Crippen molar-refractivity contribution in [3.63, 3.8) is 0 Å². The quantitative estimate of drug-likeness (QED) is 0.651. The maximum atomic E-state index is 12.9. The smallest absolute Gasteiger partial charge is 0.228 e. The number of hydrogen-bond acceptors (Lipinski definition) is 3.